The molecule has 0 radical (unpaired) electrons. The molecule has 1 saturated heterocycles. The lowest BCUT2D eigenvalue weighted by atomic mass is 10.1. The Morgan fingerprint density at radius 2 is 2.30 bits per heavy atom. The van der Waals surface area contributed by atoms with E-state index in [9.17, 15) is 8.42 Å². The molecule has 2 rings (SSSR count). The summed E-state index contributed by atoms with van der Waals surface area (Å²) in [6, 6.07) is 4.72. The molecule has 0 spiro atoms. The normalized spacial score (nSPS) is 19.8. The molecule has 0 aliphatic carbocycles. The van der Waals surface area contributed by atoms with Crippen LogP contribution in [0.15, 0.2) is 23.1 Å². The highest BCUT2D eigenvalue weighted by atomic mass is 32.2. The van der Waals surface area contributed by atoms with Gasteiger partial charge in [-0.05, 0) is 30.5 Å². The summed E-state index contributed by atoms with van der Waals surface area (Å²) in [6.45, 7) is 1.36. The molecule has 1 atom stereocenters. The molecule has 1 heterocycles. The molecule has 1 aliphatic heterocycles. The molecule has 1 aromatic carbocycles. The fourth-order valence-electron chi connectivity index (χ4n) is 2.17. The van der Waals surface area contributed by atoms with Gasteiger partial charge in [-0.1, -0.05) is 6.07 Å². The second-order valence-electron chi connectivity index (χ2n) is 4.72. The molecule has 1 aromatic rings. The van der Waals surface area contributed by atoms with Crippen LogP contribution < -0.4 is 15.2 Å². The van der Waals surface area contributed by atoms with E-state index in [2.05, 4.69) is 4.72 Å². The Morgan fingerprint density at radius 3 is 2.90 bits per heavy atom. The molecule has 0 aromatic heterocycles. The predicted octanol–water partition coefficient (Wildman–Crippen LogP) is 0.611. The smallest absolute Gasteiger partial charge is 0.244 e. The summed E-state index contributed by atoms with van der Waals surface area (Å²) in [7, 11) is -2.20. The van der Waals surface area contributed by atoms with Crippen LogP contribution in [-0.2, 0) is 21.3 Å². The van der Waals surface area contributed by atoms with Crippen molar-refractivity contribution >= 4 is 10.0 Å². The summed E-state index contributed by atoms with van der Waals surface area (Å²) in [5, 5.41) is 0. The lowest BCUT2D eigenvalue weighted by molar-refractivity contribution is 0.0774. The van der Waals surface area contributed by atoms with Crippen molar-refractivity contribution in [2.45, 2.75) is 30.3 Å². The quantitative estimate of drug-likeness (QED) is 0.831. The minimum absolute atomic E-state index is 0.119. The van der Waals surface area contributed by atoms with E-state index in [1.165, 1.54) is 7.11 Å². The fraction of sp³-hybridized carbons (Fsp3) is 0.538. The summed E-state index contributed by atoms with van der Waals surface area (Å²) < 4.78 is 38.0. The second kappa shape index (κ2) is 6.53. The average molecular weight is 300 g/mol. The van der Waals surface area contributed by atoms with Gasteiger partial charge < -0.3 is 15.2 Å². The van der Waals surface area contributed by atoms with E-state index in [0.717, 1.165) is 18.4 Å². The van der Waals surface area contributed by atoms with Gasteiger partial charge in [0, 0.05) is 19.2 Å². The molecule has 0 bridgehead atoms. The van der Waals surface area contributed by atoms with Crippen molar-refractivity contribution in [1.82, 2.24) is 4.72 Å². The molecule has 0 amide bonds. The Morgan fingerprint density at radius 1 is 1.50 bits per heavy atom. The van der Waals surface area contributed by atoms with E-state index < -0.39 is 10.0 Å². The van der Waals surface area contributed by atoms with Crippen LogP contribution in [0, 0.1) is 0 Å². The van der Waals surface area contributed by atoms with Gasteiger partial charge in [0.05, 0.1) is 13.7 Å². The first-order chi connectivity index (χ1) is 9.56. The SMILES string of the molecule is COc1ccc(CN)cc1S(=O)(=O)NC1CCCOC1. The van der Waals surface area contributed by atoms with Gasteiger partial charge in [-0.15, -0.1) is 0 Å². The van der Waals surface area contributed by atoms with Gasteiger partial charge in [0.25, 0.3) is 0 Å². The van der Waals surface area contributed by atoms with Crippen LogP contribution in [0.5, 0.6) is 5.75 Å². The van der Waals surface area contributed by atoms with Gasteiger partial charge in [0.15, 0.2) is 0 Å². The minimum atomic E-state index is -3.65. The topological polar surface area (TPSA) is 90.7 Å². The van der Waals surface area contributed by atoms with Crippen molar-refractivity contribution < 1.29 is 17.9 Å². The van der Waals surface area contributed by atoms with Crippen molar-refractivity contribution in [2.24, 2.45) is 5.73 Å². The summed E-state index contributed by atoms with van der Waals surface area (Å²) in [4.78, 5) is 0.119. The zero-order chi connectivity index (χ0) is 14.6. The zero-order valence-corrected chi connectivity index (χ0v) is 12.3. The predicted molar refractivity (Wildman–Crippen MR) is 75.0 cm³/mol. The van der Waals surface area contributed by atoms with E-state index in [1.807, 2.05) is 0 Å². The molecular formula is C13H20N2O4S. The third-order valence-corrected chi connectivity index (χ3v) is 4.78. The number of rotatable bonds is 5. The van der Waals surface area contributed by atoms with Crippen molar-refractivity contribution in [3.05, 3.63) is 23.8 Å². The molecule has 20 heavy (non-hydrogen) atoms. The maximum absolute atomic E-state index is 12.5. The van der Waals surface area contributed by atoms with Gasteiger partial charge in [0.2, 0.25) is 10.0 Å². The van der Waals surface area contributed by atoms with E-state index in [-0.39, 0.29) is 17.5 Å². The fourth-order valence-corrected chi connectivity index (χ4v) is 3.65. The Bertz CT molecular complexity index is 553. The van der Waals surface area contributed by atoms with Crippen molar-refractivity contribution in [2.75, 3.05) is 20.3 Å². The molecule has 1 unspecified atom stereocenters. The van der Waals surface area contributed by atoms with E-state index in [1.54, 1.807) is 18.2 Å². The number of hydrogen-bond donors (Lipinski definition) is 2. The molecule has 0 saturated carbocycles. The molecule has 112 valence electrons. The number of benzene rings is 1. The largest absolute Gasteiger partial charge is 0.495 e. The Kier molecular flexibility index (Phi) is 4.98. The lowest BCUT2D eigenvalue weighted by Gasteiger charge is -2.23. The summed E-state index contributed by atoms with van der Waals surface area (Å²) in [5.41, 5.74) is 6.30. The molecule has 3 N–H and O–H groups in total. The average Bonchev–Trinajstić information content (AvgIpc) is 2.47. The first-order valence-corrected chi connectivity index (χ1v) is 8.02. The monoisotopic (exact) mass is 300 g/mol. The maximum atomic E-state index is 12.5. The van der Waals surface area contributed by atoms with Gasteiger partial charge in [-0.2, -0.15) is 0 Å². The van der Waals surface area contributed by atoms with Crippen molar-refractivity contribution in [3.63, 3.8) is 0 Å². The summed E-state index contributed by atoms with van der Waals surface area (Å²) in [6.07, 6.45) is 1.63. The number of nitrogens with one attached hydrogen (secondary N) is 1. The molecule has 1 fully saturated rings. The molecule has 7 heteroatoms. The number of ether oxygens (including phenoxy) is 2. The van der Waals surface area contributed by atoms with Crippen LogP contribution in [0.25, 0.3) is 0 Å². The highest BCUT2D eigenvalue weighted by Crippen LogP contribution is 2.25. The first-order valence-electron chi connectivity index (χ1n) is 6.54. The van der Waals surface area contributed by atoms with Crippen molar-refractivity contribution in [1.29, 1.82) is 0 Å². The number of hydrogen-bond acceptors (Lipinski definition) is 5. The van der Waals surface area contributed by atoms with Gasteiger partial charge >= 0.3 is 0 Å². The highest BCUT2D eigenvalue weighted by Gasteiger charge is 2.25. The van der Waals surface area contributed by atoms with Crippen LogP contribution >= 0.6 is 0 Å². The van der Waals surface area contributed by atoms with Crippen LogP contribution in [0.1, 0.15) is 18.4 Å². The van der Waals surface area contributed by atoms with E-state index in [4.69, 9.17) is 15.2 Å². The molecule has 1 aliphatic rings. The van der Waals surface area contributed by atoms with E-state index >= 15 is 0 Å². The summed E-state index contributed by atoms with van der Waals surface area (Å²) in [5.74, 6) is 0.312. The number of methoxy groups -OCH3 is 1. The van der Waals surface area contributed by atoms with Gasteiger partial charge in [-0.3, -0.25) is 0 Å². The van der Waals surface area contributed by atoms with Crippen LogP contribution in [-0.4, -0.2) is 34.8 Å². The van der Waals surface area contributed by atoms with Crippen LogP contribution in [0.2, 0.25) is 0 Å². The van der Waals surface area contributed by atoms with Gasteiger partial charge in [-0.25, -0.2) is 13.1 Å². The summed E-state index contributed by atoms with van der Waals surface area (Å²) >= 11 is 0. The Labute approximate surface area is 119 Å². The highest BCUT2D eigenvalue weighted by molar-refractivity contribution is 7.89. The maximum Gasteiger partial charge on any atom is 0.244 e. The van der Waals surface area contributed by atoms with E-state index in [0.29, 0.717) is 19.0 Å². The Hall–Kier alpha value is -1.15. The zero-order valence-electron chi connectivity index (χ0n) is 11.5. The van der Waals surface area contributed by atoms with Crippen molar-refractivity contribution in [3.8, 4) is 5.75 Å². The van der Waals surface area contributed by atoms with Crippen LogP contribution in [0.3, 0.4) is 0 Å². The minimum Gasteiger partial charge on any atom is -0.495 e. The first kappa shape index (κ1) is 15.2. The Balaban J connectivity index is 2.27. The number of sulfonamides is 1. The molecular weight excluding hydrogens is 280 g/mol. The standard InChI is InChI=1S/C13H20N2O4S/c1-18-12-5-4-10(8-14)7-13(12)20(16,17)15-11-3-2-6-19-9-11/h4-5,7,11,15H,2-3,6,8-9,14H2,1H3. The number of nitrogens with two attached hydrogens (primary N) is 1. The third-order valence-electron chi connectivity index (χ3n) is 3.24. The van der Waals surface area contributed by atoms with Gasteiger partial charge in [0.1, 0.15) is 10.6 Å². The third kappa shape index (κ3) is 3.49. The second-order valence-corrected chi connectivity index (χ2v) is 6.41. The lowest BCUT2D eigenvalue weighted by Crippen LogP contribution is -2.40. The van der Waals surface area contributed by atoms with Crippen LogP contribution in [0.4, 0.5) is 0 Å². The molecule has 6 nitrogen and oxygen atoms in total.